The number of rotatable bonds is 5. The third-order valence-corrected chi connectivity index (χ3v) is 12.6. The van der Waals surface area contributed by atoms with Gasteiger partial charge < -0.3 is 25.2 Å². The number of aldehydes is 1. The zero-order valence-electron chi connectivity index (χ0n) is 23.3. The van der Waals surface area contributed by atoms with E-state index in [0.29, 0.717) is 6.42 Å². The van der Waals surface area contributed by atoms with Gasteiger partial charge in [-0.15, -0.1) is 0 Å². The summed E-state index contributed by atoms with van der Waals surface area (Å²) in [6, 6.07) is 0. The molecule has 4 aliphatic carbocycles. The molecule has 0 aliphatic heterocycles. The SMILES string of the molecule is CCC1(C)C(C2CC(C)(C(=O)O)CC(O)C2C(=O)O)=CCC2C3(C)CCC(O)C(C)(C=O)C3CCC21C. The van der Waals surface area contributed by atoms with Gasteiger partial charge in [0.2, 0.25) is 0 Å². The lowest BCUT2D eigenvalue weighted by Gasteiger charge is -2.69. The first-order valence-corrected chi connectivity index (χ1v) is 14.0. The van der Waals surface area contributed by atoms with Crippen LogP contribution in [0, 0.1) is 50.7 Å². The van der Waals surface area contributed by atoms with E-state index in [1.54, 1.807) is 6.92 Å². The maximum absolute atomic E-state index is 12.4. The zero-order chi connectivity index (χ0) is 27.8. The summed E-state index contributed by atoms with van der Waals surface area (Å²) >= 11 is 0. The van der Waals surface area contributed by atoms with Crippen molar-refractivity contribution in [3.05, 3.63) is 11.6 Å². The molecule has 4 N–H and O–H groups in total. The molecule has 4 rings (SSSR count). The molecule has 0 radical (unpaired) electrons. The van der Waals surface area contributed by atoms with Crippen LogP contribution in [0.25, 0.3) is 0 Å². The van der Waals surface area contributed by atoms with Gasteiger partial charge in [0.05, 0.1) is 29.0 Å². The molecule has 0 amide bonds. The van der Waals surface area contributed by atoms with Crippen molar-refractivity contribution in [3.8, 4) is 0 Å². The number of hydrogen-bond acceptors (Lipinski definition) is 5. The number of carboxylic acids is 2. The van der Waals surface area contributed by atoms with Gasteiger partial charge in [0.15, 0.2) is 0 Å². The van der Waals surface area contributed by atoms with Gasteiger partial charge in [0.25, 0.3) is 0 Å². The van der Waals surface area contributed by atoms with Crippen molar-refractivity contribution in [2.45, 2.75) is 105 Å². The molecule has 3 saturated carbocycles. The number of aliphatic hydroxyl groups is 2. The maximum atomic E-state index is 12.4. The first kappa shape index (κ1) is 28.3. The monoisotopic (exact) mass is 518 g/mol. The maximum Gasteiger partial charge on any atom is 0.309 e. The summed E-state index contributed by atoms with van der Waals surface area (Å²) in [5.41, 5.74) is -1.75. The Labute approximate surface area is 220 Å². The van der Waals surface area contributed by atoms with Gasteiger partial charge in [-0.1, -0.05) is 46.3 Å². The number of fused-ring (bicyclic) bond motifs is 3. The highest BCUT2D eigenvalue weighted by molar-refractivity contribution is 5.77. The second-order valence-corrected chi connectivity index (χ2v) is 14.0. The molecule has 37 heavy (non-hydrogen) atoms. The Morgan fingerprint density at radius 1 is 1.00 bits per heavy atom. The molecular weight excluding hydrogens is 472 g/mol. The minimum Gasteiger partial charge on any atom is -0.481 e. The first-order valence-electron chi connectivity index (χ1n) is 14.0. The molecule has 0 aromatic carbocycles. The van der Waals surface area contributed by atoms with Crippen molar-refractivity contribution in [1.82, 2.24) is 0 Å². The van der Waals surface area contributed by atoms with Crippen molar-refractivity contribution in [1.29, 1.82) is 0 Å². The number of carbonyl (C=O) groups is 3. The highest BCUT2D eigenvalue weighted by atomic mass is 16.4. The van der Waals surface area contributed by atoms with Crippen LogP contribution in [0.15, 0.2) is 11.6 Å². The van der Waals surface area contributed by atoms with Crippen LogP contribution in [-0.2, 0) is 14.4 Å². The zero-order valence-corrected chi connectivity index (χ0v) is 23.3. The van der Waals surface area contributed by atoms with Crippen molar-refractivity contribution >= 4 is 18.2 Å². The van der Waals surface area contributed by atoms with Crippen LogP contribution in [0.2, 0.25) is 0 Å². The number of aliphatic carboxylic acids is 2. The molecule has 0 saturated heterocycles. The summed E-state index contributed by atoms with van der Waals surface area (Å²) in [4.78, 5) is 37.0. The van der Waals surface area contributed by atoms with Crippen molar-refractivity contribution in [3.63, 3.8) is 0 Å². The van der Waals surface area contributed by atoms with Crippen molar-refractivity contribution < 1.29 is 34.8 Å². The third-order valence-electron chi connectivity index (χ3n) is 12.6. The summed E-state index contributed by atoms with van der Waals surface area (Å²) in [5, 5.41) is 42.0. The Kier molecular flexibility index (Phi) is 6.81. The van der Waals surface area contributed by atoms with Crippen LogP contribution in [0.1, 0.15) is 92.9 Å². The van der Waals surface area contributed by atoms with E-state index in [9.17, 15) is 34.8 Å². The molecular formula is C30H46O7. The molecule has 0 aromatic rings. The largest absolute Gasteiger partial charge is 0.481 e. The van der Waals surface area contributed by atoms with Crippen LogP contribution in [-0.4, -0.2) is 50.9 Å². The first-order chi connectivity index (χ1) is 17.1. The molecule has 0 bridgehead atoms. The number of allylic oxidation sites excluding steroid dienone is 2. The normalized spacial score (nSPS) is 51.8. The predicted octanol–water partition coefficient (Wildman–Crippen LogP) is 4.69. The van der Waals surface area contributed by atoms with Crippen molar-refractivity contribution in [2.75, 3.05) is 0 Å². The van der Waals surface area contributed by atoms with Gasteiger partial charge in [-0.2, -0.15) is 0 Å². The molecule has 208 valence electrons. The Bertz CT molecular complexity index is 1010. The van der Waals surface area contributed by atoms with Crippen LogP contribution in [0.3, 0.4) is 0 Å². The fourth-order valence-corrected chi connectivity index (χ4v) is 9.97. The Morgan fingerprint density at radius 2 is 1.65 bits per heavy atom. The fraction of sp³-hybridized carbons (Fsp3) is 0.833. The van der Waals surface area contributed by atoms with Gasteiger partial charge in [-0.05, 0) is 92.3 Å². The fourth-order valence-electron chi connectivity index (χ4n) is 9.97. The average Bonchev–Trinajstić information content (AvgIpc) is 2.81. The summed E-state index contributed by atoms with van der Waals surface area (Å²) < 4.78 is 0. The Morgan fingerprint density at radius 3 is 2.19 bits per heavy atom. The summed E-state index contributed by atoms with van der Waals surface area (Å²) in [7, 11) is 0. The van der Waals surface area contributed by atoms with E-state index in [-0.39, 0.29) is 35.5 Å². The molecule has 4 aliphatic rings. The van der Waals surface area contributed by atoms with Crippen LogP contribution < -0.4 is 0 Å². The number of carboxylic acid groups (broad SMARTS) is 2. The Hall–Kier alpha value is -1.73. The summed E-state index contributed by atoms with van der Waals surface area (Å²) in [6.45, 7) is 12.5. The summed E-state index contributed by atoms with van der Waals surface area (Å²) in [5.74, 6) is -3.38. The van der Waals surface area contributed by atoms with Gasteiger partial charge in [-0.3, -0.25) is 9.59 Å². The summed E-state index contributed by atoms with van der Waals surface area (Å²) in [6.07, 6.45) is 5.95. The van der Waals surface area contributed by atoms with E-state index in [0.717, 1.165) is 44.0 Å². The van der Waals surface area contributed by atoms with E-state index in [4.69, 9.17) is 0 Å². The molecule has 0 heterocycles. The van der Waals surface area contributed by atoms with E-state index in [1.165, 1.54) is 0 Å². The van der Waals surface area contributed by atoms with Crippen molar-refractivity contribution in [2.24, 2.45) is 50.7 Å². The smallest absolute Gasteiger partial charge is 0.309 e. The van der Waals surface area contributed by atoms with E-state index >= 15 is 0 Å². The predicted molar refractivity (Wildman–Crippen MR) is 139 cm³/mol. The Balaban J connectivity index is 1.83. The number of carbonyl (C=O) groups excluding carboxylic acids is 1. The van der Waals surface area contributed by atoms with Crippen LogP contribution >= 0.6 is 0 Å². The highest BCUT2D eigenvalue weighted by Gasteiger charge is 2.67. The molecule has 0 aromatic heterocycles. The van der Waals surface area contributed by atoms with Crippen LogP contribution in [0.4, 0.5) is 0 Å². The minimum atomic E-state index is -1.23. The molecule has 0 spiro atoms. The van der Waals surface area contributed by atoms with E-state index in [2.05, 4.69) is 33.8 Å². The molecule has 7 nitrogen and oxygen atoms in total. The lowest BCUT2D eigenvalue weighted by atomic mass is 9.35. The number of hydrogen-bond donors (Lipinski definition) is 4. The average molecular weight is 519 g/mol. The quantitative estimate of drug-likeness (QED) is 0.306. The van der Waals surface area contributed by atoms with Gasteiger partial charge in [-0.25, -0.2) is 0 Å². The van der Waals surface area contributed by atoms with Gasteiger partial charge in [0.1, 0.15) is 6.29 Å². The number of aliphatic hydroxyl groups excluding tert-OH is 2. The topological polar surface area (TPSA) is 132 Å². The molecule has 11 unspecified atom stereocenters. The molecule has 7 heteroatoms. The van der Waals surface area contributed by atoms with Crippen LogP contribution in [0.5, 0.6) is 0 Å². The lowest BCUT2D eigenvalue weighted by molar-refractivity contribution is -0.197. The molecule has 3 fully saturated rings. The molecule has 11 atom stereocenters. The van der Waals surface area contributed by atoms with Gasteiger partial charge in [0, 0.05) is 0 Å². The third kappa shape index (κ3) is 3.70. The lowest BCUT2D eigenvalue weighted by Crippen LogP contribution is -2.64. The van der Waals surface area contributed by atoms with E-state index < -0.39 is 52.2 Å². The second-order valence-electron chi connectivity index (χ2n) is 14.0. The van der Waals surface area contributed by atoms with Gasteiger partial charge >= 0.3 is 11.9 Å². The van der Waals surface area contributed by atoms with E-state index in [1.807, 2.05) is 6.92 Å². The second kappa shape index (κ2) is 8.90. The standard InChI is InChI=1S/C30H46O7/c1-7-29(5)18(17-14-26(2,25(36)37)15-19(32)23(17)24(34)35)8-9-21-27(3)12-11-22(33)28(4,16-31)20(27)10-13-30(21,29)6/h8,16-17,19-23,32-33H,7,9-15H2,1-6H3,(H,34,35)(H,36,37). The highest BCUT2D eigenvalue weighted by Crippen LogP contribution is 2.72. The minimum absolute atomic E-state index is 0.0638.